The van der Waals surface area contributed by atoms with Gasteiger partial charge in [-0.15, -0.1) is 0 Å². The summed E-state index contributed by atoms with van der Waals surface area (Å²) in [6, 6.07) is 0. The SMILES string of the molecule is Cc1cnc(NC/C=C/CN)nc1C. The largest absolute Gasteiger partial charge is 0.351 e. The van der Waals surface area contributed by atoms with Gasteiger partial charge in [0, 0.05) is 25.0 Å². The van der Waals surface area contributed by atoms with Gasteiger partial charge < -0.3 is 11.1 Å². The summed E-state index contributed by atoms with van der Waals surface area (Å²) < 4.78 is 0. The summed E-state index contributed by atoms with van der Waals surface area (Å²) in [6.07, 6.45) is 5.67. The Hall–Kier alpha value is -1.42. The number of aromatic nitrogens is 2. The molecule has 0 fully saturated rings. The zero-order chi connectivity index (χ0) is 10.4. The van der Waals surface area contributed by atoms with E-state index in [-0.39, 0.29) is 0 Å². The van der Waals surface area contributed by atoms with E-state index in [0.29, 0.717) is 19.0 Å². The maximum Gasteiger partial charge on any atom is 0.223 e. The molecular formula is C10H16N4. The second-order valence-electron chi connectivity index (χ2n) is 3.05. The molecule has 0 aliphatic carbocycles. The van der Waals surface area contributed by atoms with Gasteiger partial charge in [0.1, 0.15) is 0 Å². The van der Waals surface area contributed by atoms with Gasteiger partial charge in [-0.3, -0.25) is 0 Å². The van der Waals surface area contributed by atoms with Gasteiger partial charge in [0.15, 0.2) is 0 Å². The zero-order valence-corrected chi connectivity index (χ0v) is 8.62. The first-order valence-electron chi connectivity index (χ1n) is 4.63. The highest BCUT2D eigenvalue weighted by Gasteiger charge is 1.96. The molecule has 0 atom stereocenters. The third kappa shape index (κ3) is 3.14. The van der Waals surface area contributed by atoms with Crippen molar-refractivity contribution in [2.24, 2.45) is 5.73 Å². The second kappa shape index (κ2) is 5.34. The van der Waals surface area contributed by atoms with Crippen molar-refractivity contribution in [1.29, 1.82) is 0 Å². The average molecular weight is 192 g/mol. The molecule has 0 saturated carbocycles. The number of rotatable bonds is 4. The van der Waals surface area contributed by atoms with Gasteiger partial charge in [0.25, 0.3) is 0 Å². The van der Waals surface area contributed by atoms with Gasteiger partial charge in [-0.05, 0) is 19.4 Å². The monoisotopic (exact) mass is 192 g/mol. The van der Waals surface area contributed by atoms with Gasteiger partial charge in [-0.2, -0.15) is 0 Å². The van der Waals surface area contributed by atoms with Crippen LogP contribution >= 0.6 is 0 Å². The summed E-state index contributed by atoms with van der Waals surface area (Å²) in [5.41, 5.74) is 7.42. The van der Waals surface area contributed by atoms with Crippen LogP contribution in [0.15, 0.2) is 18.3 Å². The van der Waals surface area contributed by atoms with E-state index in [4.69, 9.17) is 5.73 Å². The van der Waals surface area contributed by atoms with E-state index >= 15 is 0 Å². The molecule has 0 aromatic carbocycles. The summed E-state index contributed by atoms with van der Waals surface area (Å²) in [5.74, 6) is 0.662. The number of hydrogen-bond donors (Lipinski definition) is 2. The molecule has 0 spiro atoms. The molecule has 4 heteroatoms. The number of hydrogen-bond acceptors (Lipinski definition) is 4. The molecule has 1 heterocycles. The lowest BCUT2D eigenvalue weighted by Crippen LogP contribution is -2.05. The summed E-state index contributed by atoms with van der Waals surface area (Å²) in [6.45, 7) is 5.24. The van der Waals surface area contributed by atoms with Crippen molar-refractivity contribution in [2.45, 2.75) is 13.8 Å². The highest BCUT2D eigenvalue weighted by Crippen LogP contribution is 2.04. The fourth-order valence-corrected chi connectivity index (χ4v) is 0.942. The number of anilines is 1. The van der Waals surface area contributed by atoms with E-state index in [1.165, 1.54) is 0 Å². The molecule has 3 N–H and O–H groups in total. The summed E-state index contributed by atoms with van der Waals surface area (Å²) >= 11 is 0. The Morgan fingerprint density at radius 1 is 1.43 bits per heavy atom. The van der Waals surface area contributed by atoms with Crippen molar-refractivity contribution in [3.63, 3.8) is 0 Å². The zero-order valence-electron chi connectivity index (χ0n) is 8.62. The van der Waals surface area contributed by atoms with Gasteiger partial charge in [0.2, 0.25) is 5.95 Å². The molecule has 1 aromatic heterocycles. The van der Waals surface area contributed by atoms with Gasteiger partial charge in [0.05, 0.1) is 0 Å². The lowest BCUT2D eigenvalue weighted by Gasteiger charge is -2.03. The van der Waals surface area contributed by atoms with Crippen LogP contribution < -0.4 is 11.1 Å². The Morgan fingerprint density at radius 2 is 2.21 bits per heavy atom. The van der Waals surface area contributed by atoms with E-state index in [0.717, 1.165) is 11.3 Å². The Labute approximate surface area is 84.3 Å². The highest BCUT2D eigenvalue weighted by atomic mass is 15.1. The van der Waals surface area contributed by atoms with Crippen molar-refractivity contribution < 1.29 is 0 Å². The van der Waals surface area contributed by atoms with Crippen LogP contribution in [-0.2, 0) is 0 Å². The van der Waals surface area contributed by atoms with E-state index < -0.39 is 0 Å². The molecule has 76 valence electrons. The fourth-order valence-electron chi connectivity index (χ4n) is 0.942. The van der Waals surface area contributed by atoms with Crippen LogP contribution in [0.4, 0.5) is 5.95 Å². The van der Waals surface area contributed by atoms with Crippen molar-refractivity contribution in [1.82, 2.24) is 9.97 Å². The van der Waals surface area contributed by atoms with Crippen molar-refractivity contribution >= 4 is 5.95 Å². The predicted molar refractivity (Wildman–Crippen MR) is 58.2 cm³/mol. The van der Waals surface area contributed by atoms with E-state index in [9.17, 15) is 0 Å². The van der Waals surface area contributed by atoms with Crippen molar-refractivity contribution in [3.8, 4) is 0 Å². The second-order valence-corrected chi connectivity index (χ2v) is 3.05. The van der Waals surface area contributed by atoms with E-state index in [2.05, 4.69) is 15.3 Å². The number of nitrogens with one attached hydrogen (secondary N) is 1. The lowest BCUT2D eigenvalue weighted by molar-refractivity contribution is 1.04. The molecule has 0 radical (unpaired) electrons. The molecule has 0 aliphatic rings. The van der Waals surface area contributed by atoms with Gasteiger partial charge in [-0.1, -0.05) is 12.2 Å². The molecule has 0 saturated heterocycles. The minimum Gasteiger partial charge on any atom is -0.351 e. The van der Waals surface area contributed by atoms with Crippen LogP contribution in [0, 0.1) is 13.8 Å². The number of nitrogens with two attached hydrogens (primary N) is 1. The molecular weight excluding hydrogens is 176 g/mol. The summed E-state index contributed by atoms with van der Waals surface area (Å²) in [5, 5.41) is 3.08. The first-order valence-corrected chi connectivity index (χ1v) is 4.63. The average Bonchev–Trinajstić information content (AvgIpc) is 2.18. The topological polar surface area (TPSA) is 63.8 Å². The summed E-state index contributed by atoms with van der Waals surface area (Å²) in [4.78, 5) is 8.43. The third-order valence-corrected chi connectivity index (χ3v) is 1.91. The Bertz CT molecular complexity index is 320. The van der Waals surface area contributed by atoms with Crippen LogP contribution in [-0.4, -0.2) is 23.1 Å². The first kappa shape index (κ1) is 10.7. The lowest BCUT2D eigenvalue weighted by atomic mass is 10.3. The number of aryl methyl sites for hydroxylation is 2. The smallest absolute Gasteiger partial charge is 0.223 e. The Balaban J connectivity index is 2.51. The fraction of sp³-hybridized carbons (Fsp3) is 0.400. The maximum absolute atomic E-state index is 5.31. The normalized spacial score (nSPS) is 10.8. The molecule has 1 rings (SSSR count). The maximum atomic E-state index is 5.31. The molecule has 4 nitrogen and oxygen atoms in total. The highest BCUT2D eigenvalue weighted by molar-refractivity contribution is 5.29. The van der Waals surface area contributed by atoms with Crippen LogP contribution in [0.1, 0.15) is 11.3 Å². The third-order valence-electron chi connectivity index (χ3n) is 1.91. The molecule has 0 unspecified atom stereocenters. The molecule has 1 aromatic rings. The minimum absolute atomic E-state index is 0.565. The van der Waals surface area contributed by atoms with Crippen LogP contribution in [0.5, 0.6) is 0 Å². The van der Waals surface area contributed by atoms with E-state index in [1.54, 1.807) is 0 Å². The molecule has 0 bridgehead atoms. The molecule has 0 aliphatic heterocycles. The van der Waals surface area contributed by atoms with Crippen molar-refractivity contribution in [2.75, 3.05) is 18.4 Å². The van der Waals surface area contributed by atoms with Gasteiger partial charge >= 0.3 is 0 Å². The van der Waals surface area contributed by atoms with E-state index in [1.807, 2.05) is 32.2 Å². The standard InChI is InChI=1S/C10H16N4/c1-8-7-13-10(14-9(8)2)12-6-4-3-5-11/h3-4,7H,5-6,11H2,1-2H3,(H,12,13,14)/b4-3+. The van der Waals surface area contributed by atoms with Crippen LogP contribution in [0.3, 0.4) is 0 Å². The van der Waals surface area contributed by atoms with Gasteiger partial charge in [-0.25, -0.2) is 9.97 Å². The predicted octanol–water partition coefficient (Wildman–Crippen LogP) is 1.02. The first-order chi connectivity index (χ1) is 6.74. The molecule has 0 amide bonds. The quantitative estimate of drug-likeness (QED) is 0.699. The van der Waals surface area contributed by atoms with Crippen LogP contribution in [0.25, 0.3) is 0 Å². The number of nitrogens with zero attached hydrogens (tertiary/aromatic N) is 2. The van der Waals surface area contributed by atoms with Crippen LogP contribution in [0.2, 0.25) is 0 Å². The Morgan fingerprint density at radius 3 is 2.86 bits per heavy atom. The molecule has 14 heavy (non-hydrogen) atoms. The minimum atomic E-state index is 0.565. The summed E-state index contributed by atoms with van der Waals surface area (Å²) in [7, 11) is 0. The Kier molecular flexibility index (Phi) is 4.07. The van der Waals surface area contributed by atoms with Crippen molar-refractivity contribution in [3.05, 3.63) is 29.6 Å².